The first kappa shape index (κ1) is 30.0. The molecule has 0 amide bonds. The molecule has 2 saturated heterocycles. The summed E-state index contributed by atoms with van der Waals surface area (Å²) in [6.07, 6.45) is -2.96. The molecule has 2 heterocycles. The van der Waals surface area contributed by atoms with E-state index < -0.39 is 65.0 Å². The molecule has 2 aromatic carbocycles. The van der Waals surface area contributed by atoms with E-state index in [0.29, 0.717) is 18.4 Å². The molecule has 0 aromatic heterocycles. The summed E-state index contributed by atoms with van der Waals surface area (Å²) in [6.45, 7) is 9.64. The summed E-state index contributed by atoms with van der Waals surface area (Å²) in [7, 11) is 0. The molecule has 0 radical (unpaired) electrons. The van der Waals surface area contributed by atoms with Gasteiger partial charge in [0.05, 0.1) is 29.8 Å². The number of aliphatic hydroxyl groups excluding tert-OH is 2. The van der Waals surface area contributed by atoms with Crippen molar-refractivity contribution in [1.82, 2.24) is 0 Å². The SMILES string of the molecule is CC(C)=C1[C@@H]2[C@H](O)[C@@H](O)[C@]3(C)O[C@H]3CC[C@]3(C)O[C@H]3C(OC(=O)Cc3ccccc3)[C@@]2(C)C[C@H]1OC(=O)c1ccccc1. The number of ether oxygens (including phenoxy) is 4. The lowest BCUT2D eigenvalue weighted by Gasteiger charge is -2.42. The molecule has 230 valence electrons. The normalized spacial score (nSPS) is 39.8. The van der Waals surface area contributed by atoms with Crippen LogP contribution in [0.3, 0.4) is 0 Å². The van der Waals surface area contributed by atoms with Gasteiger partial charge in [-0.3, -0.25) is 4.79 Å². The van der Waals surface area contributed by atoms with Crippen molar-refractivity contribution in [2.75, 3.05) is 0 Å². The third kappa shape index (κ3) is 5.33. The number of hydrogen-bond donors (Lipinski definition) is 2. The van der Waals surface area contributed by atoms with Crippen LogP contribution in [0.4, 0.5) is 0 Å². The van der Waals surface area contributed by atoms with E-state index in [-0.39, 0.29) is 18.9 Å². The zero-order valence-corrected chi connectivity index (χ0v) is 25.5. The summed E-state index contributed by atoms with van der Waals surface area (Å²) in [4.78, 5) is 26.8. The van der Waals surface area contributed by atoms with Crippen molar-refractivity contribution in [1.29, 1.82) is 0 Å². The number of benzene rings is 2. The van der Waals surface area contributed by atoms with Gasteiger partial charge >= 0.3 is 11.9 Å². The van der Waals surface area contributed by atoms with Crippen LogP contribution < -0.4 is 0 Å². The maximum absolute atomic E-state index is 13.5. The quantitative estimate of drug-likeness (QED) is 0.296. The Kier molecular flexibility index (Phi) is 7.57. The van der Waals surface area contributed by atoms with E-state index >= 15 is 0 Å². The number of esters is 2. The van der Waals surface area contributed by atoms with E-state index in [1.807, 2.05) is 71.0 Å². The Labute approximate surface area is 253 Å². The number of fused-ring (bicyclic) bond motifs is 3. The van der Waals surface area contributed by atoms with Gasteiger partial charge in [-0.2, -0.15) is 0 Å². The molecular weight excluding hydrogens is 548 g/mol. The topological polar surface area (TPSA) is 118 Å². The molecular formula is C35H42O8. The second-order valence-corrected chi connectivity index (χ2v) is 13.6. The summed E-state index contributed by atoms with van der Waals surface area (Å²) in [5.41, 5.74) is 0.407. The van der Waals surface area contributed by atoms with Crippen molar-refractivity contribution in [2.45, 2.75) is 108 Å². The number of rotatable bonds is 5. The third-order valence-electron chi connectivity index (χ3n) is 10.3. The zero-order valence-electron chi connectivity index (χ0n) is 25.5. The number of carbonyl (C=O) groups is 2. The molecule has 4 fully saturated rings. The molecule has 8 heteroatoms. The van der Waals surface area contributed by atoms with Crippen LogP contribution in [-0.2, 0) is 30.2 Å². The zero-order chi connectivity index (χ0) is 30.7. The molecule has 0 bridgehead atoms. The van der Waals surface area contributed by atoms with Crippen LogP contribution in [0.25, 0.3) is 0 Å². The number of allylic oxidation sites excluding steroid dienone is 1. The van der Waals surface area contributed by atoms with Gasteiger partial charge in [-0.25, -0.2) is 4.79 Å². The number of hydrogen-bond acceptors (Lipinski definition) is 8. The van der Waals surface area contributed by atoms with Crippen LogP contribution in [0, 0.1) is 11.3 Å². The molecule has 2 aliphatic heterocycles. The average Bonchev–Trinajstić information content (AvgIpc) is 3.82. The van der Waals surface area contributed by atoms with Gasteiger partial charge in [-0.15, -0.1) is 0 Å². The van der Waals surface area contributed by atoms with E-state index in [2.05, 4.69) is 0 Å². The van der Waals surface area contributed by atoms with Gasteiger partial charge in [0.15, 0.2) is 0 Å². The van der Waals surface area contributed by atoms with Crippen molar-refractivity contribution >= 4 is 11.9 Å². The maximum Gasteiger partial charge on any atom is 0.338 e. The first-order chi connectivity index (χ1) is 20.4. The highest BCUT2D eigenvalue weighted by molar-refractivity contribution is 5.89. The second kappa shape index (κ2) is 10.8. The van der Waals surface area contributed by atoms with Gasteiger partial charge in [-0.05, 0) is 70.2 Å². The molecule has 2 aliphatic carbocycles. The van der Waals surface area contributed by atoms with Crippen LogP contribution in [-0.4, -0.2) is 70.0 Å². The lowest BCUT2D eigenvalue weighted by atomic mass is 9.67. The van der Waals surface area contributed by atoms with Crippen molar-refractivity contribution in [3.05, 3.63) is 82.9 Å². The highest BCUT2D eigenvalue weighted by Gasteiger charge is 2.71. The molecule has 0 spiro atoms. The third-order valence-corrected chi connectivity index (χ3v) is 10.3. The van der Waals surface area contributed by atoms with E-state index in [0.717, 1.165) is 16.7 Å². The minimum absolute atomic E-state index is 0.0859. The van der Waals surface area contributed by atoms with E-state index in [4.69, 9.17) is 18.9 Å². The van der Waals surface area contributed by atoms with Crippen LogP contribution in [0.1, 0.15) is 69.8 Å². The van der Waals surface area contributed by atoms with E-state index in [1.54, 1.807) is 24.3 Å². The highest BCUT2D eigenvalue weighted by Crippen LogP contribution is 2.61. The average molecular weight is 591 g/mol. The number of carbonyl (C=O) groups excluding carboxylic acids is 2. The fourth-order valence-corrected chi connectivity index (χ4v) is 7.71. The fourth-order valence-electron chi connectivity index (χ4n) is 7.71. The van der Waals surface area contributed by atoms with Gasteiger partial charge in [0.25, 0.3) is 0 Å². The molecule has 2 saturated carbocycles. The lowest BCUT2D eigenvalue weighted by molar-refractivity contribution is -0.164. The molecule has 10 atom stereocenters. The van der Waals surface area contributed by atoms with Crippen molar-refractivity contribution in [2.24, 2.45) is 11.3 Å². The first-order valence-corrected chi connectivity index (χ1v) is 15.3. The Bertz CT molecular complexity index is 1400. The Morgan fingerprint density at radius 1 is 0.930 bits per heavy atom. The van der Waals surface area contributed by atoms with Crippen LogP contribution in [0.15, 0.2) is 71.8 Å². The molecule has 2 N–H and O–H groups in total. The predicted molar refractivity (Wildman–Crippen MR) is 158 cm³/mol. The second-order valence-electron chi connectivity index (χ2n) is 13.6. The minimum Gasteiger partial charge on any atom is -0.459 e. The Hall–Kier alpha value is -3.04. The van der Waals surface area contributed by atoms with Gasteiger partial charge in [0, 0.05) is 11.3 Å². The molecule has 1 unspecified atom stereocenters. The van der Waals surface area contributed by atoms with Crippen LogP contribution in [0.2, 0.25) is 0 Å². The maximum atomic E-state index is 13.5. The van der Waals surface area contributed by atoms with Crippen molar-refractivity contribution in [3.63, 3.8) is 0 Å². The predicted octanol–water partition coefficient (Wildman–Crippen LogP) is 4.56. The Balaban J connectivity index is 1.41. The summed E-state index contributed by atoms with van der Waals surface area (Å²) in [5.74, 6) is -1.59. The summed E-state index contributed by atoms with van der Waals surface area (Å²) >= 11 is 0. The largest absolute Gasteiger partial charge is 0.459 e. The molecule has 2 aromatic rings. The summed E-state index contributed by atoms with van der Waals surface area (Å²) in [6, 6.07) is 18.2. The fraction of sp³-hybridized carbons (Fsp3) is 0.543. The first-order valence-electron chi connectivity index (χ1n) is 15.3. The Morgan fingerprint density at radius 3 is 2.23 bits per heavy atom. The lowest BCUT2D eigenvalue weighted by Crippen LogP contribution is -2.53. The standard InChI is InChI=1S/C35H42O8/c1-20(2)26-23(40-32(39)22-14-10-7-11-15-22)19-33(3)27(26)28(37)29(38)35(5)24(42-35)16-17-34(4)31(43-34)30(33)41-25(36)18-21-12-8-6-9-13-21/h6-15,23-24,27-31,37-38H,16-19H2,1-5H3/t23-,24+,27-,28+,29-,30?,31+,33+,34+,35-/m1/s1. The molecule has 43 heavy (non-hydrogen) atoms. The number of aliphatic hydroxyl groups is 2. The molecule has 8 nitrogen and oxygen atoms in total. The smallest absolute Gasteiger partial charge is 0.338 e. The van der Waals surface area contributed by atoms with Gasteiger partial charge in [0.2, 0.25) is 0 Å². The minimum atomic E-state index is -1.27. The highest BCUT2D eigenvalue weighted by atomic mass is 16.6. The molecule has 6 rings (SSSR count). The van der Waals surface area contributed by atoms with Crippen LogP contribution >= 0.6 is 0 Å². The van der Waals surface area contributed by atoms with Gasteiger partial charge in [-0.1, -0.05) is 61.0 Å². The van der Waals surface area contributed by atoms with Crippen molar-refractivity contribution < 1.29 is 38.7 Å². The van der Waals surface area contributed by atoms with Crippen molar-refractivity contribution in [3.8, 4) is 0 Å². The van der Waals surface area contributed by atoms with Gasteiger partial charge < -0.3 is 29.2 Å². The summed E-state index contributed by atoms with van der Waals surface area (Å²) in [5, 5.41) is 23.7. The number of epoxide rings is 2. The van der Waals surface area contributed by atoms with E-state index in [1.165, 1.54) is 0 Å². The van der Waals surface area contributed by atoms with Crippen LogP contribution in [0.5, 0.6) is 0 Å². The monoisotopic (exact) mass is 590 g/mol. The van der Waals surface area contributed by atoms with E-state index in [9.17, 15) is 19.8 Å². The molecule has 4 aliphatic rings. The van der Waals surface area contributed by atoms with Gasteiger partial charge in [0.1, 0.15) is 30.0 Å². The Morgan fingerprint density at radius 2 is 1.58 bits per heavy atom. The summed E-state index contributed by atoms with van der Waals surface area (Å²) < 4.78 is 24.9.